The molecule has 0 bridgehead atoms. The molecule has 1 aliphatic heterocycles. The van der Waals surface area contributed by atoms with Gasteiger partial charge < -0.3 is 15.0 Å². The number of amides is 1. The molecule has 1 aliphatic rings. The first-order valence-electron chi connectivity index (χ1n) is 9.67. The highest BCUT2D eigenvalue weighted by atomic mass is 32.1. The minimum absolute atomic E-state index is 0.0665. The fourth-order valence-corrected chi connectivity index (χ4v) is 4.60. The maximum atomic E-state index is 12.6. The number of rotatable bonds is 4. The monoisotopic (exact) mass is 421 g/mol. The molecule has 9 heteroatoms. The highest BCUT2D eigenvalue weighted by Crippen LogP contribution is 2.31. The van der Waals surface area contributed by atoms with E-state index in [0.29, 0.717) is 35.4 Å². The molecule has 1 saturated heterocycles. The quantitative estimate of drug-likeness (QED) is 0.525. The molecule has 8 nitrogen and oxygen atoms in total. The van der Waals surface area contributed by atoms with Gasteiger partial charge in [-0.25, -0.2) is 10.1 Å². The van der Waals surface area contributed by atoms with Crippen molar-refractivity contribution in [2.45, 2.75) is 6.42 Å². The van der Waals surface area contributed by atoms with E-state index in [1.54, 1.807) is 29.5 Å². The second kappa shape index (κ2) is 7.85. The van der Waals surface area contributed by atoms with Crippen LogP contribution >= 0.6 is 11.3 Å². The van der Waals surface area contributed by atoms with Crippen molar-refractivity contribution in [2.24, 2.45) is 0 Å². The lowest BCUT2D eigenvalue weighted by Gasteiger charge is -2.25. The Labute approximate surface area is 175 Å². The molecular formula is C21H19N5O3S. The fourth-order valence-electron chi connectivity index (χ4n) is 3.54. The van der Waals surface area contributed by atoms with Crippen molar-refractivity contribution < 1.29 is 9.53 Å². The van der Waals surface area contributed by atoms with Crippen molar-refractivity contribution in [2.75, 3.05) is 36.5 Å². The van der Waals surface area contributed by atoms with Crippen LogP contribution in [0.25, 0.3) is 21.0 Å². The number of ether oxygens (including phenoxy) is 1. The van der Waals surface area contributed by atoms with Crippen LogP contribution in [0.2, 0.25) is 0 Å². The molecule has 1 amide bonds. The largest absolute Gasteiger partial charge is 0.378 e. The lowest BCUT2D eigenvalue weighted by atomic mass is 10.1. The minimum Gasteiger partial charge on any atom is -0.378 e. The molecule has 0 spiro atoms. The molecule has 1 fully saturated rings. The summed E-state index contributed by atoms with van der Waals surface area (Å²) in [7, 11) is 0. The molecule has 2 aromatic carbocycles. The van der Waals surface area contributed by atoms with Gasteiger partial charge in [0.05, 0.1) is 40.9 Å². The van der Waals surface area contributed by atoms with Gasteiger partial charge in [0.15, 0.2) is 5.13 Å². The molecule has 152 valence electrons. The van der Waals surface area contributed by atoms with Crippen LogP contribution in [0, 0.1) is 0 Å². The zero-order valence-corrected chi connectivity index (χ0v) is 16.9. The Bertz CT molecular complexity index is 1290. The Morgan fingerprint density at radius 2 is 1.97 bits per heavy atom. The Morgan fingerprint density at radius 1 is 1.17 bits per heavy atom. The summed E-state index contributed by atoms with van der Waals surface area (Å²) in [5, 5.41) is 11.6. The number of hydrogen-bond donors (Lipinski definition) is 2. The summed E-state index contributed by atoms with van der Waals surface area (Å²) in [5.74, 6) is -0.197. The molecule has 4 aromatic rings. The predicted molar refractivity (Wildman–Crippen MR) is 117 cm³/mol. The zero-order chi connectivity index (χ0) is 20.5. The van der Waals surface area contributed by atoms with Crippen molar-refractivity contribution in [3.05, 3.63) is 58.5 Å². The van der Waals surface area contributed by atoms with Gasteiger partial charge in [0, 0.05) is 24.2 Å². The van der Waals surface area contributed by atoms with E-state index >= 15 is 0 Å². The number of nitrogens with zero attached hydrogens (tertiary/aromatic N) is 3. The van der Waals surface area contributed by atoms with Gasteiger partial charge >= 0.3 is 0 Å². The maximum absolute atomic E-state index is 12.6. The average molecular weight is 421 g/mol. The number of fused-ring (bicyclic) bond motifs is 2. The predicted octanol–water partition coefficient (Wildman–Crippen LogP) is 2.55. The number of hydrogen-bond acceptors (Lipinski definition) is 7. The third-order valence-electron chi connectivity index (χ3n) is 5.05. The van der Waals surface area contributed by atoms with Gasteiger partial charge in [0.25, 0.3) is 5.56 Å². The number of carbonyl (C=O) groups is 1. The fraction of sp³-hybridized carbons (Fsp3) is 0.238. The molecule has 5 rings (SSSR count). The Morgan fingerprint density at radius 3 is 2.80 bits per heavy atom. The van der Waals surface area contributed by atoms with Crippen LogP contribution in [0.3, 0.4) is 0 Å². The van der Waals surface area contributed by atoms with Crippen LogP contribution in [-0.2, 0) is 16.0 Å². The second-order valence-corrected chi connectivity index (χ2v) is 8.06. The van der Waals surface area contributed by atoms with E-state index < -0.39 is 0 Å². The van der Waals surface area contributed by atoms with Gasteiger partial charge in [0.1, 0.15) is 0 Å². The van der Waals surface area contributed by atoms with Gasteiger partial charge in [-0.3, -0.25) is 9.59 Å². The molecule has 2 N–H and O–H groups in total. The van der Waals surface area contributed by atoms with Crippen LogP contribution < -0.4 is 15.8 Å². The van der Waals surface area contributed by atoms with Crippen LogP contribution in [0.1, 0.15) is 5.69 Å². The van der Waals surface area contributed by atoms with E-state index in [9.17, 15) is 9.59 Å². The minimum atomic E-state index is -0.263. The first-order valence-corrected chi connectivity index (χ1v) is 10.5. The summed E-state index contributed by atoms with van der Waals surface area (Å²) in [5.41, 5.74) is 1.89. The van der Waals surface area contributed by atoms with E-state index in [1.165, 1.54) is 0 Å². The first-order chi connectivity index (χ1) is 14.7. The molecule has 0 radical (unpaired) electrons. The topological polar surface area (TPSA) is 100 Å². The smallest absolute Gasteiger partial charge is 0.272 e. The first kappa shape index (κ1) is 18.7. The maximum Gasteiger partial charge on any atom is 0.272 e. The summed E-state index contributed by atoms with van der Waals surface area (Å²) >= 11 is 1.61. The van der Waals surface area contributed by atoms with E-state index in [4.69, 9.17) is 9.72 Å². The van der Waals surface area contributed by atoms with Crippen LogP contribution in [-0.4, -0.2) is 47.4 Å². The standard InChI is InChI=1S/C21H19N5O3S/c27-19(12-17-14-3-1-2-4-15(14)20(28)25-24-17)22-13-5-6-16-18(11-13)30-21(23-16)26-7-9-29-10-8-26/h1-6,11H,7-10,12H2,(H,22,27)(H,25,28). The van der Waals surface area contributed by atoms with Crippen molar-refractivity contribution in [1.29, 1.82) is 0 Å². The average Bonchev–Trinajstić information content (AvgIpc) is 3.20. The number of nitrogens with one attached hydrogen (secondary N) is 2. The number of aromatic amines is 1. The SMILES string of the molecule is O=C(Cc1n[nH]c(=O)c2ccccc12)Nc1ccc2nc(N3CCOCC3)sc2c1. The van der Waals surface area contributed by atoms with Crippen molar-refractivity contribution in [1.82, 2.24) is 15.2 Å². The Kier molecular flexibility index (Phi) is 4.89. The molecular weight excluding hydrogens is 402 g/mol. The van der Waals surface area contributed by atoms with E-state index in [-0.39, 0.29) is 17.9 Å². The highest BCUT2D eigenvalue weighted by Gasteiger charge is 2.16. The molecule has 30 heavy (non-hydrogen) atoms. The van der Waals surface area contributed by atoms with Gasteiger partial charge in [-0.1, -0.05) is 29.5 Å². The molecule has 0 atom stereocenters. The third-order valence-corrected chi connectivity index (χ3v) is 6.12. The van der Waals surface area contributed by atoms with E-state index in [2.05, 4.69) is 20.4 Å². The van der Waals surface area contributed by atoms with Gasteiger partial charge in [0.2, 0.25) is 5.91 Å². The Hall–Kier alpha value is -3.30. The van der Waals surface area contributed by atoms with Gasteiger partial charge in [-0.05, 0) is 24.3 Å². The number of carbonyl (C=O) groups excluding carboxylic acids is 1. The summed E-state index contributed by atoms with van der Waals surface area (Å²) in [6.07, 6.45) is 0.0665. The second-order valence-electron chi connectivity index (χ2n) is 7.05. The highest BCUT2D eigenvalue weighted by molar-refractivity contribution is 7.22. The number of anilines is 2. The van der Waals surface area contributed by atoms with Crippen LogP contribution in [0.5, 0.6) is 0 Å². The molecule has 0 saturated carbocycles. The van der Waals surface area contributed by atoms with E-state index in [1.807, 2.05) is 24.3 Å². The zero-order valence-electron chi connectivity index (χ0n) is 16.1. The molecule has 0 unspecified atom stereocenters. The third kappa shape index (κ3) is 3.64. The van der Waals surface area contributed by atoms with E-state index in [0.717, 1.165) is 28.4 Å². The van der Waals surface area contributed by atoms with Crippen molar-refractivity contribution in [3.8, 4) is 0 Å². The normalized spacial score (nSPS) is 14.3. The molecule has 3 heterocycles. The lowest BCUT2D eigenvalue weighted by Crippen LogP contribution is -2.36. The van der Waals surface area contributed by atoms with Crippen molar-refractivity contribution >= 4 is 49.1 Å². The summed E-state index contributed by atoms with van der Waals surface area (Å²) in [6.45, 7) is 3.10. The number of H-pyrrole nitrogens is 1. The Balaban J connectivity index is 1.35. The van der Waals surface area contributed by atoms with Crippen LogP contribution in [0.15, 0.2) is 47.3 Å². The molecule has 2 aromatic heterocycles. The number of benzene rings is 2. The van der Waals surface area contributed by atoms with Crippen molar-refractivity contribution in [3.63, 3.8) is 0 Å². The molecule has 0 aliphatic carbocycles. The summed E-state index contributed by atoms with van der Waals surface area (Å²) in [4.78, 5) is 31.5. The number of aromatic nitrogens is 3. The number of morpholine rings is 1. The lowest BCUT2D eigenvalue weighted by molar-refractivity contribution is -0.115. The summed E-state index contributed by atoms with van der Waals surface area (Å²) < 4.78 is 6.42. The number of thiazole rings is 1. The van der Waals surface area contributed by atoms with Gasteiger partial charge in [-0.2, -0.15) is 5.10 Å². The van der Waals surface area contributed by atoms with Crippen LogP contribution in [0.4, 0.5) is 10.8 Å². The van der Waals surface area contributed by atoms with Gasteiger partial charge in [-0.15, -0.1) is 0 Å². The summed E-state index contributed by atoms with van der Waals surface area (Å²) in [6, 6.07) is 12.8.